The van der Waals surface area contributed by atoms with Gasteiger partial charge in [-0.15, -0.1) is 0 Å². The standard InChI is InChI=1S/C12H17NO4S2/c1-17-12(14)9-10-3-5-11(6-4-10)19(15,16)13-7-8-18-2/h3-6,13H,7-9H2,1-2H3. The molecule has 0 saturated carbocycles. The van der Waals surface area contributed by atoms with Crippen LogP contribution in [0.3, 0.4) is 0 Å². The van der Waals surface area contributed by atoms with Crippen molar-refractivity contribution in [2.45, 2.75) is 11.3 Å². The van der Waals surface area contributed by atoms with Crippen molar-refractivity contribution in [1.29, 1.82) is 0 Å². The predicted octanol–water partition coefficient (Wildman–Crippen LogP) is 1.04. The average molecular weight is 303 g/mol. The molecule has 1 rings (SSSR count). The van der Waals surface area contributed by atoms with Gasteiger partial charge in [-0.05, 0) is 24.0 Å². The fourth-order valence-corrected chi connectivity index (χ4v) is 2.85. The third-order valence-corrected chi connectivity index (χ3v) is 4.50. The van der Waals surface area contributed by atoms with E-state index in [1.807, 2.05) is 6.26 Å². The average Bonchev–Trinajstić information content (AvgIpc) is 2.39. The number of thioether (sulfide) groups is 1. The maximum absolute atomic E-state index is 11.9. The topological polar surface area (TPSA) is 72.5 Å². The number of hydrogen-bond acceptors (Lipinski definition) is 5. The van der Waals surface area contributed by atoms with E-state index in [1.54, 1.807) is 23.9 Å². The first-order chi connectivity index (χ1) is 8.99. The zero-order valence-electron chi connectivity index (χ0n) is 10.9. The molecule has 0 spiro atoms. The van der Waals surface area contributed by atoms with Crippen molar-refractivity contribution in [3.63, 3.8) is 0 Å². The van der Waals surface area contributed by atoms with Crippen LogP contribution in [0, 0.1) is 0 Å². The number of sulfonamides is 1. The molecule has 0 unspecified atom stereocenters. The number of benzene rings is 1. The van der Waals surface area contributed by atoms with Crippen LogP contribution < -0.4 is 4.72 Å². The van der Waals surface area contributed by atoms with E-state index in [0.717, 1.165) is 11.3 Å². The number of carbonyl (C=O) groups excluding carboxylic acids is 1. The molecular formula is C12H17NO4S2. The molecule has 5 nitrogen and oxygen atoms in total. The fraction of sp³-hybridized carbons (Fsp3) is 0.417. The second kappa shape index (κ2) is 7.52. The number of rotatable bonds is 7. The summed E-state index contributed by atoms with van der Waals surface area (Å²) in [5, 5.41) is 0. The molecule has 7 heteroatoms. The molecule has 106 valence electrons. The maximum Gasteiger partial charge on any atom is 0.309 e. The maximum atomic E-state index is 11.9. The molecule has 0 amide bonds. The third kappa shape index (κ3) is 5.22. The van der Waals surface area contributed by atoms with Crippen molar-refractivity contribution in [3.05, 3.63) is 29.8 Å². The van der Waals surface area contributed by atoms with E-state index in [9.17, 15) is 13.2 Å². The first-order valence-corrected chi connectivity index (χ1v) is 8.51. The zero-order chi connectivity index (χ0) is 14.3. The van der Waals surface area contributed by atoms with Crippen LogP contribution >= 0.6 is 11.8 Å². The molecule has 0 aromatic heterocycles. The van der Waals surface area contributed by atoms with Crippen molar-refractivity contribution >= 4 is 27.8 Å². The van der Waals surface area contributed by atoms with E-state index in [-0.39, 0.29) is 17.3 Å². The Bertz CT molecular complexity index is 511. The molecule has 0 fully saturated rings. The zero-order valence-corrected chi connectivity index (χ0v) is 12.5. The fourth-order valence-electron chi connectivity index (χ4n) is 1.39. The van der Waals surface area contributed by atoms with Gasteiger partial charge in [-0.1, -0.05) is 12.1 Å². The van der Waals surface area contributed by atoms with Gasteiger partial charge in [0, 0.05) is 12.3 Å². The highest BCUT2D eigenvalue weighted by atomic mass is 32.2. The molecule has 1 N–H and O–H groups in total. The highest BCUT2D eigenvalue weighted by molar-refractivity contribution is 7.98. The highest BCUT2D eigenvalue weighted by Crippen LogP contribution is 2.11. The molecular weight excluding hydrogens is 286 g/mol. The van der Waals surface area contributed by atoms with Crippen LogP contribution in [0.2, 0.25) is 0 Å². The van der Waals surface area contributed by atoms with Gasteiger partial charge in [-0.25, -0.2) is 13.1 Å². The van der Waals surface area contributed by atoms with E-state index >= 15 is 0 Å². The molecule has 0 radical (unpaired) electrons. The van der Waals surface area contributed by atoms with Crippen LogP contribution in [-0.4, -0.2) is 40.1 Å². The number of ether oxygens (including phenoxy) is 1. The summed E-state index contributed by atoms with van der Waals surface area (Å²) in [6.07, 6.45) is 2.05. The largest absolute Gasteiger partial charge is 0.469 e. The molecule has 0 heterocycles. The first-order valence-electron chi connectivity index (χ1n) is 5.64. The van der Waals surface area contributed by atoms with Crippen LogP contribution in [-0.2, 0) is 26.0 Å². The van der Waals surface area contributed by atoms with Crippen LogP contribution in [0.15, 0.2) is 29.2 Å². The normalized spacial score (nSPS) is 11.3. The van der Waals surface area contributed by atoms with Crippen LogP contribution in [0.25, 0.3) is 0 Å². The van der Waals surface area contributed by atoms with Gasteiger partial charge in [0.05, 0.1) is 18.4 Å². The Kier molecular flexibility index (Phi) is 6.33. The Morgan fingerprint density at radius 2 is 1.95 bits per heavy atom. The number of nitrogens with one attached hydrogen (secondary N) is 1. The second-order valence-corrected chi connectivity index (χ2v) is 6.54. The number of carbonyl (C=O) groups is 1. The SMILES string of the molecule is COC(=O)Cc1ccc(S(=O)(=O)NCCSC)cc1. The Labute approximate surface area is 117 Å². The summed E-state index contributed by atoms with van der Waals surface area (Å²) < 4.78 is 30.8. The van der Waals surface area contributed by atoms with Crippen molar-refractivity contribution < 1.29 is 17.9 Å². The number of esters is 1. The smallest absolute Gasteiger partial charge is 0.309 e. The van der Waals surface area contributed by atoms with Crippen LogP contribution in [0.5, 0.6) is 0 Å². The monoisotopic (exact) mass is 303 g/mol. The molecule has 1 aromatic rings. The van der Waals surface area contributed by atoms with Gasteiger partial charge in [0.25, 0.3) is 0 Å². The summed E-state index contributed by atoms with van der Waals surface area (Å²) >= 11 is 1.57. The quantitative estimate of drug-likeness (QED) is 0.602. The van der Waals surface area contributed by atoms with Crippen LogP contribution in [0.4, 0.5) is 0 Å². The lowest BCUT2D eigenvalue weighted by atomic mass is 10.2. The van der Waals surface area contributed by atoms with E-state index in [4.69, 9.17) is 0 Å². The minimum atomic E-state index is -3.46. The van der Waals surface area contributed by atoms with Gasteiger partial charge in [0.2, 0.25) is 10.0 Å². The van der Waals surface area contributed by atoms with E-state index in [1.165, 1.54) is 19.2 Å². The summed E-state index contributed by atoms with van der Waals surface area (Å²) in [6.45, 7) is 0.396. The van der Waals surface area contributed by atoms with Crippen molar-refractivity contribution in [3.8, 4) is 0 Å². The summed E-state index contributed by atoms with van der Waals surface area (Å²) in [5.41, 5.74) is 0.718. The Morgan fingerprint density at radius 3 is 2.47 bits per heavy atom. The van der Waals surface area contributed by atoms with Gasteiger partial charge in [0.15, 0.2) is 0 Å². The van der Waals surface area contributed by atoms with Gasteiger partial charge in [-0.3, -0.25) is 4.79 Å². The highest BCUT2D eigenvalue weighted by Gasteiger charge is 2.13. The van der Waals surface area contributed by atoms with E-state index in [0.29, 0.717) is 6.54 Å². The molecule has 19 heavy (non-hydrogen) atoms. The van der Waals surface area contributed by atoms with Crippen molar-refractivity contribution in [2.24, 2.45) is 0 Å². The lowest BCUT2D eigenvalue weighted by molar-refractivity contribution is -0.139. The van der Waals surface area contributed by atoms with Gasteiger partial charge < -0.3 is 4.74 Å². The predicted molar refractivity (Wildman–Crippen MR) is 75.7 cm³/mol. The second-order valence-electron chi connectivity index (χ2n) is 3.79. The van der Waals surface area contributed by atoms with Gasteiger partial charge in [-0.2, -0.15) is 11.8 Å². The summed E-state index contributed by atoms with van der Waals surface area (Å²) in [7, 11) is -2.15. The Morgan fingerprint density at radius 1 is 1.32 bits per heavy atom. The summed E-state index contributed by atoms with van der Waals surface area (Å²) in [5.74, 6) is 0.369. The lowest BCUT2D eigenvalue weighted by Gasteiger charge is -2.06. The molecule has 0 saturated heterocycles. The molecule has 0 aliphatic heterocycles. The van der Waals surface area contributed by atoms with Gasteiger partial charge >= 0.3 is 5.97 Å². The molecule has 0 bridgehead atoms. The lowest BCUT2D eigenvalue weighted by Crippen LogP contribution is -2.26. The Hall–Kier alpha value is -1.05. The first kappa shape index (κ1) is 16.0. The minimum absolute atomic E-state index is 0.136. The summed E-state index contributed by atoms with van der Waals surface area (Å²) in [6, 6.07) is 6.19. The summed E-state index contributed by atoms with van der Waals surface area (Å²) in [4.78, 5) is 11.3. The number of hydrogen-bond donors (Lipinski definition) is 1. The van der Waals surface area contributed by atoms with Gasteiger partial charge in [0.1, 0.15) is 0 Å². The molecule has 0 aliphatic carbocycles. The van der Waals surface area contributed by atoms with Crippen molar-refractivity contribution in [2.75, 3.05) is 25.7 Å². The Balaban J connectivity index is 2.72. The van der Waals surface area contributed by atoms with E-state index in [2.05, 4.69) is 9.46 Å². The molecule has 0 aliphatic rings. The minimum Gasteiger partial charge on any atom is -0.469 e. The molecule has 1 aromatic carbocycles. The van der Waals surface area contributed by atoms with Crippen molar-refractivity contribution in [1.82, 2.24) is 4.72 Å². The third-order valence-electron chi connectivity index (χ3n) is 2.41. The van der Waals surface area contributed by atoms with E-state index < -0.39 is 10.0 Å². The van der Waals surface area contributed by atoms with Crippen LogP contribution in [0.1, 0.15) is 5.56 Å². The number of methoxy groups -OCH3 is 1. The molecule has 0 atom stereocenters.